The lowest BCUT2D eigenvalue weighted by Crippen LogP contribution is -1.86. The van der Waals surface area contributed by atoms with E-state index in [2.05, 4.69) is 20.3 Å². The Morgan fingerprint density at radius 3 is 3.12 bits per heavy atom. The Labute approximate surface area is 96.3 Å². The Hall–Kier alpha value is -2.24. The van der Waals surface area contributed by atoms with E-state index in [0.29, 0.717) is 11.8 Å². The first kappa shape index (κ1) is 8.86. The Morgan fingerprint density at radius 2 is 2.24 bits per heavy atom. The number of rotatable bonds is 2. The van der Waals surface area contributed by atoms with Crippen LogP contribution in [0.5, 0.6) is 0 Å². The van der Waals surface area contributed by atoms with Gasteiger partial charge in [-0.3, -0.25) is 4.40 Å². The van der Waals surface area contributed by atoms with E-state index in [1.54, 1.807) is 6.33 Å². The van der Waals surface area contributed by atoms with Crippen LogP contribution in [0, 0.1) is 0 Å². The monoisotopic (exact) mass is 227 g/mol. The fraction of sp³-hybridized carbons (Fsp3) is 0.273. The molecule has 3 aromatic heterocycles. The van der Waals surface area contributed by atoms with Gasteiger partial charge in [-0.25, -0.2) is 0 Å². The zero-order chi connectivity index (χ0) is 11.2. The third-order valence-electron chi connectivity index (χ3n) is 2.92. The first-order chi connectivity index (χ1) is 8.40. The minimum Gasteiger partial charge on any atom is -0.334 e. The molecule has 3 heterocycles. The Morgan fingerprint density at radius 1 is 1.29 bits per heavy atom. The summed E-state index contributed by atoms with van der Waals surface area (Å²) in [5.41, 5.74) is 1.69. The maximum absolute atomic E-state index is 5.26. The van der Waals surface area contributed by atoms with Gasteiger partial charge in [-0.1, -0.05) is 5.16 Å². The molecule has 1 fully saturated rings. The van der Waals surface area contributed by atoms with Gasteiger partial charge in [-0.15, -0.1) is 10.2 Å². The molecule has 0 N–H and O–H groups in total. The van der Waals surface area contributed by atoms with Crippen LogP contribution in [0.2, 0.25) is 0 Å². The molecule has 0 saturated heterocycles. The molecular formula is C11H9N5O. The van der Waals surface area contributed by atoms with E-state index in [1.165, 1.54) is 12.8 Å². The quantitative estimate of drug-likeness (QED) is 0.665. The molecule has 1 saturated carbocycles. The highest BCUT2D eigenvalue weighted by Gasteiger charge is 2.28. The standard InChI is InChI=1S/C11H9N5O/c1-2-7(1)10-13-11(17-15-10)8-3-4-9-14-12-6-16(9)5-8/h3-7H,1-2H2. The molecule has 0 spiro atoms. The lowest BCUT2D eigenvalue weighted by molar-refractivity contribution is 0.422. The molecule has 6 heteroatoms. The molecule has 0 atom stereocenters. The van der Waals surface area contributed by atoms with Crippen molar-refractivity contribution >= 4 is 5.65 Å². The van der Waals surface area contributed by atoms with Crippen LogP contribution in [-0.4, -0.2) is 24.7 Å². The average molecular weight is 227 g/mol. The van der Waals surface area contributed by atoms with Crippen LogP contribution in [0.15, 0.2) is 29.2 Å². The Bertz CT molecular complexity index is 682. The number of fused-ring (bicyclic) bond motifs is 1. The zero-order valence-corrected chi connectivity index (χ0v) is 8.95. The van der Waals surface area contributed by atoms with Gasteiger partial charge in [0.25, 0.3) is 5.89 Å². The average Bonchev–Trinajstić information content (AvgIpc) is 2.93. The van der Waals surface area contributed by atoms with Gasteiger partial charge in [-0.2, -0.15) is 4.98 Å². The van der Waals surface area contributed by atoms with Crippen molar-refractivity contribution in [2.24, 2.45) is 0 Å². The second-order valence-electron chi connectivity index (χ2n) is 4.25. The maximum atomic E-state index is 5.26. The summed E-state index contributed by atoms with van der Waals surface area (Å²) in [7, 11) is 0. The van der Waals surface area contributed by atoms with Crippen LogP contribution in [0.3, 0.4) is 0 Å². The van der Waals surface area contributed by atoms with Crippen LogP contribution < -0.4 is 0 Å². The highest BCUT2D eigenvalue weighted by molar-refractivity contribution is 5.55. The molecule has 0 radical (unpaired) electrons. The van der Waals surface area contributed by atoms with Crippen LogP contribution in [0.4, 0.5) is 0 Å². The molecule has 6 nitrogen and oxygen atoms in total. The first-order valence-corrected chi connectivity index (χ1v) is 5.53. The van der Waals surface area contributed by atoms with Crippen LogP contribution >= 0.6 is 0 Å². The first-order valence-electron chi connectivity index (χ1n) is 5.53. The number of aromatic nitrogens is 5. The summed E-state index contributed by atoms with van der Waals surface area (Å²) >= 11 is 0. The molecule has 0 aromatic carbocycles. The fourth-order valence-electron chi connectivity index (χ4n) is 1.81. The van der Waals surface area contributed by atoms with Crippen LogP contribution in [-0.2, 0) is 0 Å². The molecule has 0 aliphatic heterocycles. The second-order valence-corrected chi connectivity index (χ2v) is 4.25. The maximum Gasteiger partial charge on any atom is 0.259 e. The van der Waals surface area contributed by atoms with Crippen molar-refractivity contribution in [2.75, 3.05) is 0 Å². The predicted molar refractivity (Wildman–Crippen MR) is 58.3 cm³/mol. The van der Waals surface area contributed by atoms with E-state index in [0.717, 1.165) is 17.0 Å². The van der Waals surface area contributed by atoms with Gasteiger partial charge in [0.15, 0.2) is 11.5 Å². The molecule has 0 amide bonds. The summed E-state index contributed by atoms with van der Waals surface area (Å²) < 4.78 is 7.09. The molecule has 84 valence electrons. The van der Waals surface area contributed by atoms with Gasteiger partial charge in [0, 0.05) is 12.1 Å². The SMILES string of the molecule is c1cc2nncn2cc1-c1nc(C2CC2)no1. The smallest absolute Gasteiger partial charge is 0.259 e. The summed E-state index contributed by atoms with van der Waals surface area (Å²) in [5.74, 6) is 1.89. The van der Waals surface area contributed by atoms with Gasteiger partial charge < -0.3 is 4.52 Å². The third-order valence-corrected chi connectivity index (χ3v) is 2.92. The second kappa shape index (κ2) is 3.13. The normalized spacial score (nSPS) is 15.5. The van der Waals surface area contributed by atoms with Crippen molar-refractivity contribution in [1.29, 1.82) is 0 Å². The third kappa shape index (κ3) is 1.41. The van der Waals surface area contributed by atoms with Crippen LogP contribution in [0.25, 0.3) is 17.1 Å². The van der Waals surface area contributed by atoms with Crippen molar-refractivity contribution in [3.05, 3.63) is 30.5 Å². The van der Waals surface area contributed by atoms with E-state index in [-0.39, 0.29) is 0 Å². The molecule has 4 rings (SSSR count). The molecule has 1 aliphatic carbocycles. The summed E-state index contributed by atoms with van der Waals surface area (Å²) in [4.78, 5) is 4.40. The predicted octanol–water partition coefficient (Wildman–Crippen LogP) is 1.66. The molecule has 0 unspecified atom stereocenters. The van der Waals surface area contributed by atoms with E-state index in [1.807, 2.05) is 22.7 Å². The minimum atomic E-state index is 0.506. The lowest BCUT2D eigenvalue weighted by Gasteiger charge is -1.95. The number of hydrogen-bond acceptors (Lipinski definition) is 5. The van der Waals surface area contributed by atoms with Gasteiger partial charge >= 0.3 is 0 Å². The Kier molecular flexibility index (Phi) is 1.63. The minimum absolute atomic E-state index is 0.506. The van der Waals surface area contributed by atoms with Gasteiger partial charge in [0.1, 0.15) is 6.33 Å². The molecule has 3 aromatic rings. The zero-order valence-electron chi connectivity index (χ0n) is 8.95. The van der Waals surface area contributed by atoms with E-state index < -0.39 is 0 Å². The summed E-state index contributed by atoms with van der Waals surface area (Å²) in [6.45, 7) is 0. The highest BCUT2D eigenvalue weighted by atomic mass is 16.5. The Balaban J connectivity index is 1.80. The highest BCUT2D eigenvalue weighted by Crippen LogP contribution is 2.38. The fourth-order valence-corrected chi connectivity index (χ4v) is 1.81. The van der Waals surface area contributed by atoms with Gasteiger partial charge in [0.05, 0.1) is 5.56 Å². The van der Waals surface area contributed by atoms with Crippen LogP contribution in [0.1, 0.15) is 24.6 Å². The number of hydrogen-bond donors (Lipinski definition) is 0. The number of pyridine rings is 1. The lowest BCUT2D eigenvalue weighted by atomic mass is 10.3. The van der Waals surface area contributed by atoms with Crippen molar-refractivity contribution in [1.82, 2.24) is 24.7 Å². The summed E-state index contributed by atoms with van der Waals surface area (Å²) in [6.07, 6.45) is 5.88. The van der Waals surface area contributed by atoms with Crippen molar-refractivity contribution < 1.29 is 4.52 Å². The van der Waals surface area contributed by atoms with Gasteiger partial charge in [-0.05, 0) is 25.0 Å². The van der Waals surface area contributed by atoms with E-state index >= 15 is 0 Å². The van der Waals surface area contributed by atoms with Gasteiger partial charge in [0.2, 0.25) is 0 Å². The largest absolute Gasteiger partial charge is 0.334 e. The van der Waals surface area contributed by atoms with E-state index in [4.69, 9.17) is 4.52 Å². The molecule has 0 bridgehead atoms. The number of nitrogens with zero attached hydrogens (tertiary/aromatic N) is 5. The van der Waals surface area contributed by atoms with Crippen molar-refractivity contribution in [2.45, 2.75) is 18.8 Å². The molecular weight excluding hydrogens is 218 g/mol. The van der Waals surface area contributed by atoms with E-state index in [9.17, 15) is 0 Å². The summed E-state index contributed by atoms with van der Waals surface area (Å²) in [6, 6.07) is 3.79. The van der Waals surface area contributed by atoms with Crippen molar-refractivity contribution in [3.8, 4) is 11.5 Å². The topological polar surface area (TPSA) is 69.1 Å². The molecule has 1 aliphatic rings. The molecule has 17 heavy (non-hydrogen) atoms. The van der Waals surface area contributed by atoms with Crippen molar-refractivity contribution in [3.63, 3.8) is 0 Å². The summed E-state index contributed by atoms with van der Waals surface area (Å²) in [5, 5.41) is 11.8.